The molecule has 0 saturated carbocycles. The van der Waals surface area contributed by atoms with Gasteiger partial charge in [0.1, 0.15) is 0 Å². The number of hydrogen-bond donors (Lipinski definition) is 1. The van der Waals surface area contributed by atoms with Gasteiger partial charge in [-0.25, -0.2) is 0 Å². The van der Waals surface area contributed by atoms with Crippen molar-refractivity contribution >= 4 is 40.8 Å². The van der Waals surface area contributed by atoms with Gasteiger partial charge >= 0.3 is 0 Å². The molecule has 0 saturated heterocycles. The fourth-order valence-electron chi connectivity index (χ4n) is 3.71. The molecule has 0 atom stereocenters. The summed E-state index contributed by atoms with van der Waals surface area (Å²) in [4.78, 5) is 9.61. The van der Waals surface area contributed by atoms with E-state index in [4.69, 9.17) is 23.2 Å². The van der Waals surface area contributed by atoms with Gasteiger partial charge in [-0.1, -0.05) is 65.7 Å². The zero-order valence-corrected chi connectivity index (χ0v) is 20.3. The summed E-state index contributed by atoms with van der Waals surface area (Å²) >= 11 is 14.0. The van der Waals surface area contributed by atoms with Crippen molar-refractivity contribution in [2.24, 2.45) is 0 Å². The number of nitrogens with one attached hydrogen (secondary N) is 1. The molecule has 0 aliphatic carbocycles. The van der Waals surface area contributed by atoms with Crippen LogP contribution in [-0.4, -0.2) is 9.97 Å². The Morgan fingerprint density at radius 2 is 1.24 bits per heavy atom. The fourth-order valence-corrected chi connectivity index (χ4v) is 4.96. The molecule has 6 heteroatoms. The first-order valence-corrected chi connectivity index (χ1v) is 12.2. The molecule has 5 aromatic rings. The zero-order chi connectivity index (χ0) is 23.3. The van der Waals surface area contributed by atoms with Crippen molar-refractivity contribution in [3.8, 4) is 33.4 Å². The van der Waals surface area contributed by atoms with E-state index >= 15 is 0 Å². The highest BCUT2D eigenvalue weighted by molar-refractivity contribution is 8.00. The van der Waals surface area contributed by atoms with E-state index in [1.165, 1.54) is 11.9 Å². The van der Waals surface area contributed by atoms with Crippen LogP contribution < -0.4 is 4.72 Å². The van der Waals surface area contributed by atoms with Crippen molar-refractivity contribution in [2.75, 3.05) is 4.72 Å². The number of nitrogens with zero attached hydrogens (tertiary/aromatic N) is 2. The summed E-state index contributed by atoms with van der Waals surface area (Å²) in [5, 5.41) is 1.20. The van der Waals surface area contributed by atoms with Gasteiger partial charge in [-0.15, -0.1) is 0 Å². The molecule has 0 aliphatic heterocycles. The SMILES string of the molecule is Clc1ccc(SNc2c(-c3cccnc3)cc(-c3ccccc3)cc2-c2cccnc2)c(Cl)c1. The Morgan fingerprint density at radius 1 is 0.618 bits per heavy atom. The van der Waals surface area contributed by atoms with Gasteiger partial charge in [-0.05, 0) is 65.5 Å². The van der Waals surface area contributed by atoms with Gasteiger partial charge in [-0.2, -0.15) is 0 Å². The molecule has 34 heavy (non-hydrogen) atoms. The minimum absolute atomic E-state index is 0.594. The van der Waals surface area contributed by atoms with Crippen LogP contribution in [0.3, 0.4) is 0 Å². The highest BCUT2D eigenvalue weighted by atomic mass is 35.5. The number of rotatable bonds is 6. The minimum Gasteiger partial charge on any atom is -0.324 e. The van der Waals surface area contributed by atoms with Gasteiger partial charge in [0.25, 0.3) is 0 Å². The second kappa shape index (κ2) is 10.3. The minimum atomic E-state index is 0.594. The summed E-state index contributed by atoms with van der Waals surface area (Å²) in [7, 11) is 0. The maximum atomic E-state index is 6.45. The lowest BCUT2D eigenvalue weighted by atomic mass is 9.92. The van der Waals surface area contributed by atoms with Gasteiger partial charge in [0.2, 0.25) is 0 Å². The van der Waals surface area contributed by atoms with Crippen LogP contribution in [0.4, 0.5) is 5.69 Å². The number of anilines is 1. The molecule has 5 rings (SSSR count). The topological polar surface area (TPSA) is 37.8 Å². The average molecular weight is 500 g/mol. The molecule has 2 heterocycles. The van der Waals surface area contributed by atoms with Gasteiger partial charge in [0, 0.05) is 57.0 Å². The number of halogens is 2. The van der Waals surface area contributed by atoms with Crippen molar-refractivity contribution in [1.29, 1.82) is 0 Å². The molecular weight excluding hydrogens is 481 g/mol. The first-order valence-electron chi connectivity index (χ1n) is 10.6. The summed E-state index contributed by atoms with van der Waals surface area (Å²) in [6.45, 7) is 0. The van der Waals surface area contributed by atoms with Crippen LogP contribution in [0, 0.1) is 0 Å². The van der Waals surface area contributed by atoms with E-state index in [1.54, 1.807) is 18.5 Å². The fraction of sp³-hybridized carbons (Fsp3) is 0. The Labute approximate surface area is 213 Å². The van der Waals surface area contributed by atoms with Gasteiger partial charge in [-0.3, -0.25) is 9.97 Å². The lowest BCUT2D eigenvalue weighted by Gasteiger charge is -2.19. The van der Waals surface area contributed by atoms with Crippen LogP contribution >= 0.6 is 35.1 Å². The lowest BCUT2D eigenvalue weighted by Crippen LogP contribution is -1.97. The Hall–Kier alpha value is -3.31. The molecule has 3 nitrogen and oxygen atoms in total. The van der Waals surface area contributed by atoms with Crippen LogP contribution in [0.2, 0.25) is 10.0 Å². The molecule has 0 unspecified atom stereocenters. The molecule has 0 amide bonds. The molecule has 166 valence electrons. The van der Waals surface area contributed by atoms with Crippen LogP contribution in [0.1, 0.15) is 0 Å². The van der Waals surface area contributed by atoms with Crippen LogP contribution in [0.15, 0.2) is 115 Å². The Morgan fingerprint density at radius 3 is 1.79 bits per heavy atom. The molecule has 0 spiro atoms. The van der Waals surface area contributed by atoms with E-state index in [9.17, 15) is 0 Å². The van der Waals surface area contributed by atoms with Gasteiger partial charge < -0.3 is 4.72 Å². The number of aromatic nitrogens is 2. The Balaban J connectivity index is 1.70. The summed E-state index contributed by atoms with van der Waals surface area (Å²) in [6.07, 6.45) is 7.31. The molecule has 0 bridgehead atoms. The predicted molar refractivity (Wildman–Crippen MR) is 144 cm³/mol. The summed E-state index contributed by atoms with van der Waals surface area (Å²) in [5.74, 6) is 0. The highest BCUT2D eigenvalue weighted by Gasteiger charge is 2.16. The third-order valence-electron chi connectivity index (χ3n) is 5.35. The maximum Gasteiger partial charge on any atom is 0.0602 e. The normalized spacial score (nSPS) is 10.8. The van der Waals surface area contributed by atoms with E-state index in [2.05, 4.69) is 51.1 Å². The van der Waals surface area contributed by atoms with E-state index in [-0.39, 0.29) is 0 Å². The van der Waals surface area contributed by atoms with Gasteiger partial charge in [0.05, 0.1) is 10.7 Å². The average Bonchev–Trinajstić information content (AvgIpc) is 2.89. The van der Waals surface area contributed by atoms with Crippen molar-refractivity contribution in [3.63, 3.8) is 0 Å². The Bertz CT molecular complexity index is 1350. The number of pyridine rings is 2. The molecule has 0 aliphatic rings. The largest absolute Gasteiger partial charge is 0.324 e. The predicted octanol–water partition coefficient (Wildman–Crippen LogP) is 8.90. The molecule has 2 aromatic heterocycles. The first kappa shape index (κ1) is 22.5. The third kappa shape index (κ3) is 4.95. The summed E-state index contributed by atoms with van der Waals surface area (Å²) in [6, 6.07) is 28.3. The van der Waals surface area contributed by atoms with E-state index in [0.29, 0.717) is 10.0 Å². The van der Waals surface area contributed by atoms with E-state index in [0.717, 1.165) is 44.0 Å². The lowest BCUT2D eigenvalue weighted by molar-refractivity contribution is 1.32. The summed E-state index contributed by atoms with van der Waals surface area (Å²) in [5.41, 5.74) is 7.29. The molecule has 1 N–H and O–H groups in total. The molecule has 3 aromatic carbocycles. The quantitative estimate of drug-likeness (QED) is 0.236. The molecule has 0 radical (unpaired) electrons. The van der Waals surface area contributed by atoms with Crippen LogP contribution in [0.5, 0.6) is 0 Å². The van der Waals surface area contributed by atoms with Crippen LogP contribution in [-0.2, 0) is 0 Å². The van der Waals surface area contributed by atoms with Crippen molar-refractivity contribution in [1.82, 2.24) is 9.97 Å². The third-order valence-corrected chi connectivity index (χ3v) is 6.89. The standard InChI is InChI=1S/C28H19Cl2N3S/c29-23-10-11-27(26(30)16-23)34-33-28-24(20-8-4-12-31-17-20)14-22(19-6-2-1-3-7-19)15-25(28)21-9-5-13-32-18-21/h1-18,33H. The Kier molecular flexibility index (Phi) is 6.82. The van der Waals surface area contributed by atoms with Crippen LogP contribution in [0.25, 0.3) is 33.4 Å². The zero-order valence-electron chi connectivity index (χ0n) is 18.0. The summed E-state index contributed by atoms with van der Waals surface area (Å²) < 4.78 is 3.57. The second-order valence-corrected chi connectivity index (χ2v) is 9.27. The van der Waals surface area contributed by atoms with Crippen molar-refractivity contribution < 1.29 is 0 Å². The molecule has 0 fully saturated rings. The second-order valence-electron chi connectivity index (χ2n) is 7.57. The first-order chi connectivity index (χ1) is 16.7. The smallest absolute Gasteiger partial charge is 0.0602 e. The van der Waals surface area contributed by atoms with E-state index < -0.39 is 0 Å². The highest BCUT2D eigenvalue weighted by Crippen LogP contribution is 2.43. The van der Waals surface area contributed by atoms with E-state index in [1.807, 2.05) is 54.9 Å². The molecular formula is C28H19Cl2N3S. The van der Waals surface area contributed by atoms with Gasteiger partial charge in [0.15, 0.2) is 0 Å². The number of benzene rings is 3. The number of hydrogen-bond acceptors (Lipinski definition) is 4. The van der Waals surface area contributed by atoms with Crippen molar-refractivity contribution in [2.45, 2.75) is 4.90 Å². The maximum absolute atomic E-state index is 6.45. The van der Waals surface area contributed by atoms with Crippen molar-refractivity contribution in [3.05, 3.63) is 120 Å². The monoisotopic (exact) mass is 499 g/mol.